The topological polar surface area (TPSA) is 8.17 Å². The molecular formula is C48H32N2. The smallest absolute Gasteiger partial charge is 0.0547 e. The fourth-order valence-corrected chi connectivity index (χ4v) is 7.77. The summed E-state index contributed by atoms with van der Waals surface area (Å²) in [6, 6.07) is 70.4. The summed E-state index contributed by atoms with van der Waals surface area (Å²) in [4.78, 5) is 2.33. The average molecular weight is 637 g/mol. The Balaban J connectivity index is 1.10. The molecule has 0 fully saturated rings. The summed E-state index contributed by atoms with van der Waals surface area (Å²) in [6.07, 6.45) is 0. The Labute approximate surface area is 290 Å². The van der Waals surface area contributed by atoms with Crippen molar-refractivity contribution in [1.82, 2.24) is 4.57 Å². The number of aromatic nitrogens is 1. The zero-order valence-electron chi connectivity index (χ0n) is 27.4. The largest absolute Gasteiger partial charge is 0.311 e. The molecular weight excluding hydrogens is 605 g/mol. The van der Waals surface area contributed by atoms with E-state index in [0.29, 0.717) is 0 Å². The van der Waals surface area contributed by atoms with Gasteiger partial charge in [-0.2, -0.15) is 0 Å². The normalized spacial score (nSPS) is 11.6. The molecule has 1 heterocycles. The van der Waals surface area contributed by atoms with Crippen molar-refractivity contribution in [1.29, 1.82) is 0 Å². The summed E-state index contributed by atoms with van der Waals surface area (Å²) in [5.41, 5.74) is 9.33. The van der Waals surface area contributed by atoms with E-state index in [1.165, 1.54) is 65.3 Å². The average Bonchev–Trinajstić information content (AvgIpc) is 3.54. The molecule has 1 aromatic heterocycles. The minimum absolute atomic E-state index is 1.11. The molecule has 0 unspecified atom stereocenters. The van der Waals surface area contributed by atoms with Gasteiger partial charge >= 0.3 is 0 Å². The molecule has 0 spiro atoms. The van der Waals surface area contributed by atoms with E-state index in [0.717, 1.165) is 22.7 Å². The van der Waals surface area contributed by atoms with Crippen LogP contribution in [0.5, 0.6) is 0 Å². The van der Waals surface area contributed by atoms with Crippen molar-refractivity contribution < 1.29 is 0 Å². The van der Waals surface area contributed by atoms with Gasteiger partial charge in [0, 0.05) is 33.5 Å². The van der Waals surface area contributed by atoms with E-state index in [2.05, 4.69) is 204 Å². The van der Waals surface area contributed by atoms with Gasteiger partial charge in [0.1, 0.15) is 0 Å². The maximum atomic E-state index is 2.43. The van der Waals surface area contributed by atoms with Crippen LogP contribution in [-0.4, -0.2) is 4.57 Å². The summed E-state index contributed by atoms with van der Waals surface area (Å²) in [5.74, 6) is 0. The van der Waals surface area contributed by atoms with Crippen molar-refractivity contribution in [2.75, 3.05) is 4.90 Å². The highest BCUT2D eigenvalue weighted by Crippen LogP contribution is 2.42. The predicted molar refractivity (Wildman–Crippen MR) is 213 cm³/mol. The van der Waals surface area contributed by atoms with Gasteiger partial charge in [0.05, 0.1) is 11.0 Å². The number of fused-ring (bicyclic) bond motifs is 8. The van der Waals surface area contributed by atoms with Crippen molar-refractivity contribution in [2.24, 2.45) is 0 Å². The molecule has 0 bridgehead atoms. The number of nitrogens with zero attached hydrogens (tertiary/aromatic N) is 2. The molecule has 50 heavy (non-hydrogen) atoms. The van der Waals surface area contributed by atoms with Gasteiger partial charge < -0.3 is 9.47 Å². The van der Waals surface area contributed by atoms with E-state index in [9.17, 15) is 0 Å². The highest BCUT2D eigenvalue weighted by molar-refractivity contribution is 6.28. The maximum Gasteiger partial charge on any atom is 0.0547 e. The van der Waals surface area contributed by atoms with Crippen LogP contribution in [-0.2, 0) is 0 Å². The zero-order valence-corrected chi connectivity index (χ0v) is 27.4. The van der Waals surface area contributed by atoms with Crippen LogP contribution in [0.4, 0.5) is 17.1 Å². The molecule has 0 N–H and O–H groups in total. The molecule has 0 aliphatic rings. The van der Waals surface area contributed by atoms with Crippen LogP contribution in [0.2, 0.25) is 0 Å². The van der Waals surface area contributed by atoms with Crippen molar-refractivity contribution in [3.8, 4) is 16.8 Å². The molecule has 10 rings (SSSR count). The van der Waals surface area contributed by atoms with Gasteiger partial charge in [-0.1, -0.05) is 127 Å². The Hall–Kier alpha value is -6.64. The second-order valence-electron chi connectivity index (χ2n) is 13.0. The third-order valence-electron chi connectivity index (χ3n) is 10.1. The lowest BCUT2D eigenvalue weighted by atomic mass is 10.00. The third-order valence-corrected chi connectivity index (χ3v) is 10.1. The summed E-state index contributed by atoms with van der Waals surface area (Å²) in [6.45, 7) is 0. The van der Waals surface area contributed by atoms with E-state index >= 15 is 0 Å². The van der Waals surface area contributed by atoms with Gasteiger partial charge in [-0.3, -0.25) is 0 Å². The summed E-state index contributed by atoms with van der Waals surface area (Å²) < 4.78 is 2.43. The van der Waals surface area contributed by atoms with E-state index in [1.54, 1.807) is 0 Å². The lowest BCUT2D eigenvalue weighted by Gasteiger charge is -2.26. The van der Waals surface area contributed by atoms with E-state index in [1.807, 2.05) is 0 Å². The Morgan fingerprint density at radius 3 is 1.40 bits per heavy atom. The SMILES string of the molecule is c1ccc(N(c2ccc(-c3ccc4ccccc4c3)cc2)c2ccc(-n3c4ccc5ccccc5c4c4c5ccccc5ccc43)cc2)cc1. The third kappa shape index (κ3) is 4.57. The highest BCUT2D eigenvalue weighted by Gasteiger charge is 2.18. The molecule has 0 saturated heterocycles. The van der Waals surface area contributed by atoms with Gasteiger partial charge in [0.15, 0.2) is 0 Å². The second kappa shape index (κ2) is 11.5. The molecule has 9 aromatic carbocycles. The molecule has 10 aromatic rings. The van der Waals surface area contributed by atoms with E-state index < -0.39 is 0 Å². The standard InChI is InChI=1S/C48H32N2/c1-2-14-39(15-3-1)49(40-24-20-34(21-25-40)38-19-18-33-10-4-5-13-37(33)32-38)41-26-28-42(29-27-41)50-45-30-22-35-11-6-8-16-43(35)47(45)48-44-17-9-7-12-36(44)23-31-46(48)50/h1-32H. The van der Waals surface area contributed by atoms with Gasteiger partial charge in [0.25, 0.3) is 0 Å². The molecule has 2 heteroatoms. The van der Waals surface area contributed by atoms with Crippen LogP contribution in [0.3, 0.4) is 0 Å². The van der Waals surface area contributed by atoms with Crippen LogP contribution in [0.15, 0.2) is 194 Å². The highest BCUT2D eigenvalue weighted by atomic mass is 15.1. The van der Waals surface area contributed by atoms with Crippen LogP contribution in [0.1, 0.15) is 0 Å². The van der Waals surface area contributed by atoms with E-state index in [-0.39, 0.29) is 0 Å². The Morgan fingerprint density at radius 1 is 0.320 bits per heavy atom. The number of para-hydroxylation sites is 1. The number of rotatable bonds is 5. The lowest BCUT2D eigenvalue weighted by Crippen LogP contribution is -2.10. The zero-order chi connectivity index (χ0) is 33.0. The molecule has 0 atom stereocenters. The summed E-state index contributed by atoms with van der Waals surface area (Å²) in [7, 11) is 0. The predicted octanol–water partition coefficient (Wildman–Crippen LogP) is 13.4. The van der Waals surface area contributed by atoms with Crippen molar-refractivity contribution in [3.05, 3.63) is 194 Å². The summed E-state index contributed by atoms with van der Waals surface area (Å²) >= 11 is 0. The van der Waals surface area contributed by atoms with Crippen molar-refractivity contribution >= 4 is 71.2 Å². The molecule has 0 aliphatic carbocycles. The molecule has 234 valence electrons. The Kier molecular flexibility index (Phi) is 6.53. The Bertz CT molecular complexity index is 2750. The monoisotopic (exact) mass is 636 g/mol. The van der Waals surface area contributed by atoms with Gasteiger partial charge in [-0.25, -0.2) is 0 Å². The van der Waals surface area contributed by atoms with Crippen LogP contribution >= 0.6 is 0 Å². The van der Waals surface area contributed by atoms with Crippen LogP contribution in [0, 0.1) is 0 Å². The first-order valence-electron chi connectivity index (χ1n) is 17.2. The molecule has 0 saturated carbocycles. The quantitative estimate of drug-likeness (QED) is 0.182. The van der Waals surface area contributed by atoms with Crippen LogP contribution in [0.25, 0.3) is 70.9 Å². The second-order valence-corrected chi connectivity index (χ2v) is 13.0. The molecule has 0 aliphatic heterocycles. The Morgan fingerprint density at radius 2 is 0.780 bits per heavy atom. The number of hydrogen-bond acceptors (Lipinski definition) is 1. The fraction of sp³-hybridized carbons (Fsp3) is 0. The maximum absolute atomic E-state index is 2.43. The first kappa shape index (κ1) is 28.4. The molecule has 2 nitrogen and oxygen atoms in total. The van der Waals surface area contributed by atoms with Gasteiger partial charge in [-0.05, 0) is 110 Å². The van der Waals surface area contributed by atoms with Crippen molar-refractivity contribution in [2.45, 2.75) is 0 Å². The van der Waals surface area contributed by atoms with Gasteiger partial charge in [0.2, 0.25) is 0 Å². The van der Waals surface area contributed by atoms with Gasteiger partial charge in [-0.15, -0.1) is 0 Å². The number of benzene rings is 9. The lowest BCUT2D eigenvalue weighted by molar-refractivity contribution is 1.17. The van der Waals surface area contributed by atoms with Crippen LogP contribution < -0.4 is 4.90 Å². The molecule has 0 amide bonds. The fourth-order valence-electron chi connectivity index (χ4n) is 7.77. The summed E-state index contributed by atoms with van der Waals surface area (Å²) in [5, 5.41) is 10.2. The molecule has 0 radical (unpaired) electrons. The first-order chi connectivity index (χ1) is 24.8. The van der Waals surface area contributed by atoms with Crippen molar-refractivity contribution in [3.63, 3.8) is 0 Å². The number of hydrogen-bond donors (Lipinski definition) is 0. The number of anilines is 3. The van der Waals surface area contributed by atoms with E-state index in [4.69, 9.17) is 0 Å². The first-order valence-corrected chi connectivity index (χ1v) is 17.2. The minimum Gasteiger partial charge on any atom is -0.311 e. The minimum atomic E-state index is 1.11.